The quantitative estimate of drug-likeness (QED) is 0.749. The average molecular weight is 423 g/mol. The van der Waals surface area contributed by atoms with Crippen LogP contribution in [0.1, 0.15) is 42.5 Å². The van der Waals surface area contributed by atoms with Crippen LogP contribution in [0.5, 0.6) is 0 Å². The smallest absolute Gasteiger partial charge is 0.253 e. The van der Waals surface area contributed by atoms with Crippen LogP contribution in [0, 0.1) is 0 Å². The third kappa shape index (κ3) is 3.57. The number of hydrogen-bond donors (Lipinski definition) is 0. The van der Waals surface area contributed by atoms with Gasteiger partial charge in [-0.05, 0) is 56.6 Å². The summed E-state index contributed by atoms with van der Waals surface area (Å²) in [4.78, 5) is 17.6. The number of likely N-dealkylation sites (tertiary alicyclic amines) is 1. The number of amides is 1. The van der Waals surface area contributed by atoms with Gasteiger partial charge in [-0.15, -0.1) is 0 Å². The van der Waals surface area contributed by atoms with Gasteiger partial charge >= 0.3 is 0 Å². The van der Waals surface area contributed by atoms with Gasteiger partial charge in [0.05, 0.1) is 19.3 Å². The number of likely N-dealkylation sites (N-methyl/N-ethyl adjacent to an activating group) is 1. The van der Waals surface area contributed by atoms with Crippen molar-refractivity contribution in [3.8, 4) is 0 Å². The maximum Gasteiger partial charge on any atom is 0.253 e. The lowest BCUT2D eigenvalue weighted by Crippen LogP contribution is -2.58. The highest BCUT2D eigenvalue weighted by molar-refractivity contribution is 9.10. The van der Waals surface area contributed by atoms with Crippen molar-refractivity contribution >= 4 is 21.8 Å². The average Bonchev–Trinajstić information content (AvgIpc) is 3.34. The Bertz CT molecular complexity index is 639. The topological polar surface area (TPSA) is 42.0 Å². The summed E-state index contributed by atoms with van der Waals surface area (Å²) in [7, 11) is 1.94. The molecule has 2 aliphatic heterocycles. The molecule has 26 heavy (non-hydrogen) atoms. The normalized spacial score (nSPS) is 28.5. The van der Waals surface area contributed by atoms with E-state index in [1.807, 2.05) is 36.2 Å². The van der Waals surface area contributed by atoms with Gasteiger partial charge in [0.15, 0.2) is 5.79 Å². The molecule has 5 nitrogen and oxygen atoms in total. The number of hydrogen-bond acceptors (Lipinski definition) is 4. The van der Waals surface area contributed by atoms with Gasteiger partial charge in [-0.25, -0.2) is 0 Å². The molecule has 0 unspecified atom stereocenters. The Balaban J connectivity index is 1.57. The van der Waals surface area contributed by atoms with E-state index in [4.69, 9.17) is 9.47 Å². The van der Waals surface area contributed by atoms with Gasteiger partial charge in [0.2, 0.25) is 0 Å². The fraction of sp³-hybridized carbons (Fsp3) is 0.650. The number of carbonyl (C=O) groups is 1. The first kappa shape index (κ1) is 18.4. The fourth-order valence-corrected chi connectivity index (χ4v) is 4.98. The van der Waals surface area contributed by atoms with Crippen molar-refractivity contribution < 1.29 is 14.3 Å². The van der Waals surface area contributed by atoms with Crippen molar-refractivity contribution in [2.75, 3.05) is 33.4 Å². The summed E-state index contributed by atoms with van der Waals surface area (Å²) >= 11 is 3.44. The number of carbonyl (C=O) groups excluding carboxylic acids is 1. The van der Waals surface area contributed by atoms with Gasteiger partial charge in [0.25, 0.3) is 5.91 Å². The molecule has 3 aliphatic rings. The SMILES string of the molecule is CN(C(=O)c1ccc(Br)cc1)[C@@H]1CC2(CC[C@H]1N1CCCC1)OCCO2. The third-order valence-electron chi connectivity index (χ3n) is 6.12. The van der Waals surface area contributed by atoms with Crippen LogP contribution in [0.15, 0.2) is 28.7 Å². The standard InChI is InChI=1S/C20H27BrN2O3/c1-22(19(24)15-4-6-16(21)7-5-15)18-14-20(25-12-13-26-20)9-8-17(18)23-10-2-3-11-23/h4-7,17-18H,2-3,8-14H2,1H3/t17-,18-/m1/s1. The molecule has 0 radical (unpaired) electrons. The molecule has 142 valence electrons. The minimum atomic E-state index is -0.491. The van der Waals surface area contributed by atoms with Crippen molar-refractivity contribution in [2.45, 2.75) is 50.0 Å². The van der Waals surface area contributed by atoms with E-state index < -0.39 is 5.79 Å². The molecular weight excluding hydrogens is 396 g/mol. The molecule has 0 N–H and O–H groups in total. The summed E-state index contributed by atoms with van der Waals surface area (Å²) in [6, 6.07) is 8.11. The van der Waals surface area contributed by atoms with Crippen molar-refractivity contribution in [1.29, 1.82) is 0 Å². The second kappa shape index (κ2) is 7.58. The third-order valence-corrected chi connectivity index (χ3v) is 6.65. The Hall–Kier alpha value is -0.950. The van der Waals surface area contributed by atoms with Gasteiger partial charge in [0, 0.05) is 36.0 Å². The van der Waals surface area contributed by atoms with Crippen LogP contribution >= 0.6 is 15.9 Å². The molecule has 1 aliphatic carbocycles. The molecule has 1 saturated carbocycles. The van der Waals surface area contributed by atoms with Crippen LogP contribution in [0.4, 0.5) is 0 Å². The van der Waals surface area contributed by atoms with E-state index in [1.54, 1.807) is 0 Å². The predicted octanol–water partition coefficient (Wildman–Crippen LogP) is 3.28. The summed E-state index contributed by atoms with van der Waals surface area (Å²) in [5.41, 5.74) is 0.726. The van der Waals surface area contributed by atoms with Gasteiger partial charge in [0.1, 0.15) is 0 Å². The lowest BCUT2D eigenvalue weighted by atomic mass is 9.83. The fourth-order valence-electron chi connectivity index (χ4n) is 4.72. The minimum Gasteiger partial charge on any atom is -0.347 e. The number of halogens is 1. The van der Waals surface area contributed by atoms with Crippen LogP contribution in [0.3, 0.4) is 0 Å². The van der Waals surface area contributed by atoms with Gasteiger partial charge < -0.3 is 14.4 Å². The van der Waals surface area contributed by atoms with E-state index in [-0.39, 0.29) is 11.9 Å². The zero-order chi connectivity index (χ0) is 18.1. The first-order valence-electron chi connectivity index (χ1n) is 9.63. The maximum atomic E-state index is 13.1. The zero-order valence-corrected chi connectivity index (χ0v) is 16.9. The molecule has 0 aromatic heterocycles. The Morgan fingerprint density at radius 3 is 2.50 bits per heavy atom. The lowest BCUT2D eigenvalue weighted by molar-refractivity contribution is -0.195. The Morgan fingerprint density at radius 2 is 1.85 bits per heavy atom. The van der Waals surface area contributed by atoms with Gasteiger partial charge in [-0.1, -0.05) is 15.9 Å². The van der Waals surface area contributed by atoms with Crippen molar-refractivity contribution in [1.82, 2.24) is 9.80 Å². The zero-order valence-electron chi connectivity index (χ0n) is 15.3. The van der Waals surface area contributed by atoms with Crippen LogP contribution in [0.25, 0.3) is 0 Å². The summed E-state index contributed by atoms with van der Waals surface area (Å²) in [5, 5.41) is 0. The molecule has 1 aromatic carbocycles. The van der Waals surface area contributed by atoms with Crippen molar-refractivity contribution in [2.24, 2.45) is 0 Å². The van der Waals surface area contributed by atoms with E-state index in [2.05, 4.69) is 20.8 Å². The second-order valence-corrected chi connectivity index (χ2v) is 8.57. The van der Waals surface area contributed by atoms with E-state index in [1.165, 1.54) is 12.8 Å². The monoisotopic (exact) mass is 422 g/mol. The molecule has 4 rings (SSSR count). The van der Waals surface area contributed by atoms with Crippen LogP contribution in [-0.4, -0.2) is 66.9 Å². The molecular formula is C20H27BrN2O3. The molecule has 3 fully saturated rings. The van der Waals surface area contributed by atoms with E-state index in [0.29, 0.717) is 19.3 Å². The molecule has 1 amide bonds. The highest BCUT2D eigenvalue weighted by atomic mass is 79.9. The molecule has 2 heterocycles. The largest absolute Gasteiger partial charge is 0.347 e. The number of ether oxygens (including phenoxy) is 2. The number of rotatable bonds is 3. The molecule has 2 atom stereocenters. The molecule has 1 aromatic rings. The predicted molar refractivity (Wildman–Crippen MR) is 103 cm³/mol. The maximum absolute atomic E-state index is 13.1. The second-order valence-electron chi connectivity index (χ2n) is 7.65. The van der Waals surface area contributed by atoms with Crippen molar-refractivity contribution in [3.63, 3.8) is 0 Å². The van der Waals surface area contributed by atoms with Crippen LogP contribution in [-0.2, 0) is 9.47 Å². The Morgan fingerprint density at radius 1 is 1.19 bits per heavy atom. The Labute approximate surface area is 163 Å². The summed E-state index contributed by atoms with van der Waals surface area (Å²) < 4.78 is 13.0. The highest BCUT2D eigenvalue weighted by Crippen LogP contribution is 2.40. The van der Waals surface area contributed by atoms with Gasteiger partial charge in [-0.2, -0.15) is 0 Å². The minimum absolute atomic E-state index is 0.0711. The summed E-state index contributed by atoms with van der Waals surface area (Å²) in [6.45, 7) is 3.59. The molecule has 1 spiro atoms. The summed E-state index contributed by atoms with van der Waals surface area (Å²) in [5.74, 6) is -0.420. The van der Waals surface area contributed by atoms with Crippen molar-refractivity contribution in [3.05, 3.63) is 34.3 Å². The van der Waals surface area contributed by atoms with Crippen LogP contribution < -0.4 is 0 Å². The first-order chi connectivity index (χ1) is 12.6. The Kier molecular flexibility index (Phi) is 5.37. The molecule has 6 heteroatoms. The molecule has 2 saturated heterocycles. The van der Waals surface area contributed by atoms with Gasteiger partial charge in [-0.3, -0.25) is 9.69 Å². The lowest BCUT2D eigenvalue weighted by Gasteiger charge is -2.47. The number of nitrogens with zero attached hydrogens (tertiary/aromatic N) is 2. The number of benzene rings is 1. The van der Waals surface area contributed by atoms with Crippen LogP contribution in [0.2, 0.25) is 0 Å². The highest BCUT2D eigenvalue weighted by Gasteiger charge is 2.48. The van der Waals surface area contributed by atoms with E-state index in [0.717, 1.165) is 42.4 Å². The van der Waals surface area contributed by atoms with E-state index in [9.17, 15) is 4.79 Å². The summed E-state index contributed by atoms with van der Waals surface area (Å²) in [6.07, 6.45) is 5.21. The first-order valence-corrected chi connectivity index (χ1v) is 10.4. The molecule has 0 bridgehead atoms. The van der Waals surface area contributed by atoms with E-state index >= 15 is 0 Å².